The van der Waals surface area contributed by atoms with Gasteiger partial charge in [-0.15, -0.1) is 0 Å². The molecule has 0 aliphatic carbocycles. The SMILES string of the molecule is O=C(O)c1ccc2[nH]c(=O)n(CC3CCSC3)c2c1. The molecule has 5 nitrogen and oxygen atoms in total. The van der Waals surface area contributed by atoms with E-state index < -0.39 is 5.97 Å². The normalized spacial score (nSPS) is 19.1. The molecule has 1 fully saturated rings. The first kappa shape index (κ1) is 12.3. The lowest BCUT2D eigenvalue weighted by atomic mass is 10.1. The molecular formula is C13H14N2O3S. The van der Waals surface area contributed by atoms with E-state index in [1.165, 1.54) is 6.07 Å². The van der Waals surface area contributed by atoms with E-state index in [0.29, 0.717) is 23.5 Å². The molecule has 2 N–H and O–H groups in total. The average Bonchev–Trinajstić information content (AvgIpc) is 2.98. The molecule has 0 radical (unpaired) electrons. The highest BCUT2D eigenvalue weighted by atomic mass is 32.2. The Morgan fingerprint density at radius 3 is 3.05 bits per heavy atom. The number of thioether (sulfide) groups is 1. The second kappa shape index (κ2) is 4.77. The van der Waals surface area contributed by atoms with Gasteiger partial charge in [-0.1, -0.05) is 0 Å². The largest absolute Gasteiger partial charge is 0.478 e. The van der Waals surface area contributed by atoms with Crippen LogP contribution in [0.1, 0.15) is 16.8 Å². The first-order valence-electron chi connectivity index (χ1n) is 6.19. The summed E-state index contributed by atoms with van der Waals surface area (Å²) in [6, 6.07) is 4.73. The number of hydrogen-bond donors (Lipinski definition) is 2. The van der Waals surface area contributed by atoms with Gasteiger partial charge in [0.25, 0.3) is 0 Å². The lowest BCUT2D eigenvalue weighted by Crippen LogP contribution is -2.21. The van der Waals surface area contributed by atoms with Crippen LogP contribution >= 0.6 is 11.8 Å². The fraction of sp³-hybridized carbons (Fsp3) is 0.385. The molecule has 0 saturated carbocycles. The summed E-state index contributed by atoms with van der Waals surface area (Å²) in [6.45, 7) is 0.662. The number of aromatic nitrogens is 2. The van der Waals surface area contributed by atoms with Gasteiger partial charge in [0.05, 0.1) is 16.6 Å². The molecular weight excluding hydrogens is 264 g/mol. The topological polar surface area (TPSA) is 75.1 Å². The standard InChI is InChI=1S/C13H14N2O3S/c16-12(17)9-1-2-10-11(5-9)15(13(18)14-10)6-8-3-4-19-7-8/h1-2,5,8H,3-4,6-7H2,(H,14,18)(H,16,17). The van der Waals surface area contributed by atoms with Crippen molar-refractivity contribution in [3.8, 4) is 0 Å². The van der Waals surface area contributed by atoms with Gasteiger partial charge in [-0.3, -0.25) is 4.57 Å². The van der Waals surface area contributed by atoms with E-state index in [-0.39, 0.29) is 11.3 Å². The number of carboxylic acid groups (broad SMARTS) is 1. The van der Waals surface area contributed by atoms with E-state index in [2.05, 4.69) is 4.98 Å². The van der Waals surface area contributed by atoms with Crippen molar-refractivity contribution in [2.75, 3.05) is 11.5 Å². The zero-order valence-electron chi connectivity index (χ0n) is 10.3. The molecule has 3 rings (SSSR count). The van der Waals surface area contributed by atoms with Gasteiger partial charge in [-0.25, -0.2) is 9.59 Å². The van der Waals surface area contributed by atoms with Gasteiger partial charge in [0.1, 0.15) is 0 Å². The molecule has 100 valence electrons. The predicted molar refractivity (Wildman–Crippen MR) is 75.0 cm³/mol. The van der Waals surface area contributed by atoms with E-state index in [1.54, 1.807) is 16.7 Å². The van der Waals surface area contributed by atoms with Crippen LogP contribution in [0.3, 0.4) is 0 Å². The van der Waals surface area contributed by atoms with Crippen LogP contribution in [-0.4, -0.2) is 32.1 Å². The second-order valence-corrected chi connectivity index (χ2v) is 5.96. The maximum atomic E-state index is 12.0. The molecule has 1 aliphatic rings. The van der Waals surface area contributed by atoms with E-state index in [9.17, 15) is 9.59 Å². The number of aromatic carboxylic acids is 1. The zero-order valence-corrected chi connectivity index (χ0v) is 11.1. The minimum Gasteiger partial charge on any atom is -0.478 e. The molecule has 1 aromatic carbocycles. The molecule has 1 saturated heterocycles. The number of rotatable bonds is 3. The van der Waals surface area contributed by atoms with Crippen molar-refractivity contribution in [1.82, 2.24) is 9.55 Å². The fourth-order valence-corrected chi connectivity index (χ4v) is 3.72. The van der Waals surface area contributed by atoms with Crippen LogP contribution in [-0.2, 0) is 6.54 Å². The Hall–Kier alpha value is -1.69. The maximum Gasteiger partial charge on any atom is 0.335 e. The quantitative estimate of drug-likeness (QED) is 0.897. The summed E-state index contributed by atoms with van der Waals surface area (Å²) in [5.74, 6) is 1.73. The van der Waals surface area contributed by atoms with E-state index >= 15 is 0 Å². The molecule has 0 spiro atoms. The number of benzene rings is 1. The minimum atomic E-state index is -0.974. The van der Waals surface area contributed by atoms with Crippen molar-refractivity contribution in [2.45, 2.75) is 13.0 Å². The van der Waals surface area contributed by atoms with Crippen LogP contribution < -0.4 is 5.69 Å². The highest BCUT2D eigenvalue weighted by Crippen LogP contribution is 2.25. The first-order chi connectivity index (χ1) is 9.15. The Bertz CT molecular complexity index is 683. The molecule has 1 atom stereocenters. The Kier molecular flexibility index (Phi) is 3.10. The van der Waals surface area contributed by atoms with E-state index in [0.717, 1.165) is 17.9 Å². The summed E-state index contributed by atoms with van der Waals surface area (Å²) in [7, 11) is 0. The summed E-state index contributed by atoms with van der Waals surface area (Å²) in [5, 5.41) is 9.03. The zero-order chi connectivity index (χ0) is 13.4. The summed E-state index contributed by atoms with van der Waals surface area (Å²) >= 11 is 1.90. The van der Waals surface area contributed by atoms with Gasteiger partial charge >= 0.3 is 11.7 Å². The van der Waals surface area contributed by atoms with Crippen molar-refractivity contribution in [1.29, 1.82) is 0 Å². The number of fused-ring (bicyclic) bond motifs is 1. The Balaban J connectivity index is 2.05. The van der Waals surface area contributed by atoms with Gasteiger partial charge in [-0.2, -0.15) is 11.8 Å². The fourth-order valence-electron chi connectivity index (χ4n) is 2.45. The Labute approximate surface area is 113 Å². The third kappa shape index (κ3) is 2.28. The number of imidazole rings is 1. The highest BCUT2D eigenvalue weighted by Gasteiger charge is 2.19. The number of aromatic amines is 1. The van der Waals surface area contributed by atoms with Gasteiger partial charge in [0.2, 0.25) is 0 Å². The second-order valence-electron chi connectivity index (χ2n) is 4.81. The van der Waals surface area contributed by atoms with E-state index in [1.807, 2.05) is 11.8 Å². The molecule has 0 bridgehead atoms. The lowest BCUT2D eigenvalue weighted by Gasteiger charge is -2.09. The highest BCUT2D eigenvalue weighted by molar-refractivity contribution is 7.99. The average molecular weight is 278 g/mol. The van der Waals surface area contributed by atoms with Crippen LogP contribution in [0, 0.1) is 5.92 Å². The Morgan fingerprint density at radius 1 is 1.53 bits per heavy atom. The summed E-state index contributed by atoms with van der Waals surface area (Å²) in [5.41, 5.74) is 1.43. The third-order valence-electron chi connectivity index (χ3n) is 3.49. The number of hydrogen-bond acceptors (Lipinski definition) is 3. The van der Waals surface area contributed by atoms with E-state index in [4.69, 9.17) is 5.11 Å². The van der Waals surface area contributed by atoms with Crippen LogP contribution in [0.25, 0.3) is 11.0 Å². The third-order valence-corrected chi connectivity index (χ3v) is 4.72. The number of carboxylic acids is 1. The predicted octanol–water partition coefficient (Wildman–Crippen LogP) is 1.78. The molecule has 6 heteroatoms. The first-order valence-corrected chi connectivity index (χ1v) is 7.34. The van der Waals surface area contributed by atoms with Crippen molar-refractivity contribution < 1.29 is 9.90 Å². The number of nitrogens with one attached hydrogen (secondary N) is 1. The van der Waals surface area contributed by atoms with Crippen molar-refractivity contribution >= 4 is 28.8 Å². The van der Waals surface area contributed by atoms with Gasteiger partial charge in [0, 0.05) is 6.54 Å². The molecule has 1 unspecified atom stereocenters. The molecule has 2 aromatic rings. The number of nitrogens with zero attached hydrogens (tertiary/aromatic N) is 1. The number of H-pyrrole nitrogens is 1. The Morgan fingerprint density at radius 2 is 2.37 bits per heavy atom. The number of carbonyl (C=O) groups is 1. The molecule has 2 heterocycles. The summed E-state index contributed by atoms with van der Waals surface area (Å²) in [6.07, 6.45) is 1.11. The van der Waals surface area contributed by atoms with Gasteiger partial charge in [-0.05, 0) is 42.0 Å². The lowest BCUT2D eigenvalue weighted by molar-refractivity contribution is 0.0697. The summed E-state index contributed by atoms with van der Waals surface area (Å²) in [4.78, 5) is 25.7. The van der Waals surface area contributed by atoms with Crippen LogP contribution in [0.5, 0.6) is 0 Å². The van der Waals surface area contributed by atoms with Crippen LogP contribution in [0.4, 0.5) is 0 Å². The van der Waals surface area contributed by atoms with Crippen molar-refractivity contribution in [2.24, 2.45) is 5.92 Å². The van der Waals surface area contributed by atoms with Crippen molar-refractivity contribution in [3.05, 3.63) is 34.2 Å². The van der Waals surface area contributed by atoms with Crippen LogP contribution in [0.2, 0.25) is 0 Å². The van der Waals surface area contributed by atoms with Gasteiger partial charge < -0.3 is 10.1 Å². The smallest absolute Gasteiger partial charge is 0.335 e. The molecule has 1 aromatic heterocycles. The molecule has 1 aliphatic heterocycles. The monoisotopic (exact) mass is 278 g/mol. The van der Waals surface area contributed by atoms with Crippen molar-refractivity contribution in [3.63, 3.8) is 0 Å². The maximum absolute atomic E-state index is 12.0. The van der Waals surface area contributed by atoms with Gasteiger partial charge in [0.15, 0.2) is 0 Å². The van der Waals surface area contributed by atoms with Crippen LogP contribution in [0.15, 0.2) is 23.0 Å². The minimum absolute atomic E-state index is 0.158. The molecule has 0 amide bonds. The summed E-state index contributed by atoms with van der Waals surface area (Å²) < 4.78 is 1.66. The molecule has 19 heavy (non-hydrogen) atoms.